The Kier molecular flexibility index (Phi) is 6.46. The summed E-state index contributed by atoms with van der Waals surface area (Å²) in [5, 5.41) is -0.150. The molecule has 0 spiro atoms. The third-order valence-corrected chi connectivity index (χ3v) is 11.6. The Bertz CT molecular complexity index is 1030. The van der Waals surface area contributed by atoms with Crippen molar-refractivity contribution in [2.45, 2.75) is 18.5 Å². The molecule has 0 amide bonds. The van der Waals surface area contributed by atoms with Crippen molar-refractivity contribution in [2.75, 3.05) is 0 Å². The molecule has 0 saturated carbocycles. The molecule has 0 nitrogen and oxygen atoms in total. The molecule has 0 aliphatic rings. The maximum absolute atomic E-state index is 13.3. The van der Waals surface area contributed by atoms with Crippen LogP contribution in [0.3, 0.4) is 0 Å². The van der Waals surface area contributed by atoms with Gasteiger partial charge < -0.3 is 0 Å². The van der Waals surface area contributed by atoms with Gasteiger partial charge in [0.15, 0.2) is 0 Å². The first kappa shape index (κ1) is 24.6. The molecule has 0 radical (unpaired) electrons. The zero-order valence-corrected chi connectivity index (χ0v) is 18.3. The molecule has 170 valence electrons. The first-order valence-electron chi connectivity index (χ1n) is 8.77. The fourth-order valence-corrected chi connectivity index (χ4v) is 7.97. The fraction of sp³-hybridized carbons (Fsp3) is 0.143. The van der Waals surface area contributed by atoms with E-state index < -0.39 is 40.7 Å². The van der Waals surface area contributed by atoms with Crippen molar-refractivity contribution in [1.29, 1.82) is 0 Å². The minimum atomic E-state index is -4.75. The molecular weight excluding hydrogens is 533 g/mol. The second-order valence-corrected chi connectivity index (χ2v) is 13.0. The van der Waals surface area contributed by atoms with E-state index in [9.17, 15) is 39.5 Å². The van der Waals surface area contributed by atoms with Crippen LogP contribution in [0.5, 0.6) is 0 Å². The molecule has 3 rings (SSSR count). The molecule has 0 fully saturated rings. The Balaban J connectivity index is 2.35. The number of rotatable bonds is 3. The number of hydrogen-bond acceptors (Lipinski definition) is 0. The molecule has 0 aliphatic carbocycles. The van der Waals surface area contributed by atoms with Gasteiger partial charge in [-0.15, -0.1) is 0 Å². The van der Waals surface area contributed by atoms with Gasteiger partial charge in [0.1, 0.15) is 0 Å². The number of benzene rings is 3. The fourth-order valence-electron chi connectivity index (χ4n) is 3.08. The molecule has 3 aromatic carbocycles. The third-order valence-electron chi connectivity index (χ3n) is 4.61. The molecule has 0 N–H and O–H groups in total. The number of halogens is 9. The molecule has 11 heteroatoms. The Hall–Kier alpha value is -2.02. The van der Waals surface area contributed by atoms with Crippen LogP contribution in [0.15, 0.2) is 72.8 Å². The molecule has 0 aromatic heterocycles. The van der Waals surface area contributed by atoms with E-state index in [1.807, 2.05) is 0 Å². The Morgan fingerprint density at radius 3 is 0.938 bits per heavy atom. The first-order valence-corrected chi connectivity index (χ1v) is 12.8. The summed E-state index contributed by atoms with van der Waals surface area (Å²) in [6.45, 7) is 0. The summed E-state index contributed by atoms with van der Waals surface area (Å²) in [5.74, 6) is 0. The first-order chi connectivity index (χ1) is 14.6. The molecule has 0 heterocycles. The topological polar surface area (TPSA) is 0 Å². The summed E-state index contributed by atoms with van der Waals surface area (Å²) in [5.41, 5.74) is -6.63. The van der Waals surface area contributed by atoms with Gasteiger partial charge in [-0.2, -0.15) is 0 Å². The van der Waals surface area contributed by atoms with Crippen LogP contribution >= 0.6 is 5.51 Å². The van der Waals surface area contributed by atoms with Gasteiger partial charge in [0.2, 0.25) is 0 Å². The van der Waals surface area contributed by atoms with Crippen molar-refractivity contribution < 1.29 is 39.5 Å². The average Bonchev–Trinajstić information content (AvgIpc) is 2.71. The Morgan fingerprint density at radius 1 is 0.469 bits per heavy atom. The van der Waals surface area contributed by atoms with E-state index in [1.165, 1.54) is 18.2 Å². The molecule has 0 bridgehead atoms. The quantitative estimate of drug-likeness (QED) is 0.212. The van der Waals surface area contributed by atoms with Crippen LogP contribution in [0.1, 0.15) is 16.7 Å². The molecule has 32 heavy (non-hydrogen) atoms. The van der Waals surface area contributed by atoms with Crippen LogP contribution in [-0.4, -0.2) is 15.1 Å². The van der Waals surface area contributed by atoms with E-state index in [0.717, 1.165) is 54.6 Å². The summed E-state index contributed by atoms with van der Waals surface area (Å²) in [6.07, 6.45) is -14.2. The second-order valence-electron chi connectivity index (χ2n) is 6.75. The van der Waals surface area contributed by atoms with Gasteiger partial charge in [0, 0.05) is 0 Å². The van der Waals surface area contributed by atoms with E-state index in [1.54, 1.807) is 0 Å². The van der Waals surface area contributed by atoms with Gasteiger partial charge >= 0.3 is 184 Å². The van der Waals surface area contributed by atoms with Crippen LogP contribution in [-0.2, 0) is 18.5 Å². The van der Waals surface area contributed by atoms with Crippen LogP contribution in [0.25, 0.3) is 0 Å². The minimum absolute atomic E-state index is 0.0500. The van der Waals surface area contributed by atoms with Gasteiger partial charge in [0.05, 0.1) is 0 Å². The van der Waals surface area contributed by atoms with Gasteiger partial charge in [-0.1, -0.05) is 0 Å². The van der Waals surface area contributed by atoms with Crippen LogP contribution in [0, 0.1) is 0 Å². The van der Waals surface area contributed by atoms with Gasteiger partial charge in [0.25, 0.3) is 0 Å². The van der Waals surface area contributed by atoms with Crippen LogP contribution < -0.4 is 15.9 Å². The molecule has 0 saturated heterocycles. The predicted molar refractivity (Wildman–Crippen MR) is 106 cm³/mol. The van der Waals surface area contributed by atoms with Crippen molar-refractivity contribution in [3.8, 4) is 0 Å². The molecule has 0 unspecified atom stereocenters. The standard InChI is InChI=1S/C21H12F9PSe/c22-19(23,24)13-4-1-7-16(10-13)31(32,17-8-2-5-14(11-17)20(25,26)27)18-9-3-6-15(12-18)21(28,29)30/h1-12H. The zero-order valence-electron chi connectivity index (χ0n) is 15.7. The van der Waals surface area contributed by atoms with Crippen molar-refractivity contribution in [2.24, 2.45) is 0 Å². The monoisotopic (exact) mass is 546 g/mol. The normalized spacial score (nSPS) is 13.3. The Morgan fingerprint density at radius 2 is 0.719 bits per heavy atom. The molecule has 3 aromatic rings. The van der Waals surface area contributed by atoms with Gasteiger partial charge in [-0.25, -0.2) is 0 Å². The van der Waals surface area contributed by atoms with Crippen molar-refractivity contribution >= 4 is 36.5 Å². The Labute approximate surface area is 184 Å². The zero-order chi connectivity index (χ0) is 23.9. The predicted octanol–water partition coefficient (Wildman–Crippen LogP) is 6.12. The van der Waals surface area contributed by atoms with Crippen LogP contribution in [0.4, 0.5) is 39.5 Å². The number of alkyl halides is 9. The van der Waals surface area contributed by atoms with Gasteiger partial charge in [-0.05, 0) is 0 Å². The maximum atomic E-state index is 13.3. The van der Waals surface area contributed by atoms with Crippen molar-refractivity contribution in [1.82, 2.24) is 0 Å². The summed E-state index contributed by atoms with van der Waals surface area (Å²) in [6, 6.07) is 11.6. The second kappa shape index (κ2) is 8.40. The molecular formula is C21H12F9PSe. The molecule has 0 aliphatic heterocycles. The van der Waals surface area contributed by atoms with E-state index in [4.69, 9.17) is 0 Å². The molecule has 0 atom stereocenters. The van der Waals surface area contributed by atoms with E-state index in [-0.39, 0.29) is 15.9 Å². The van der Waals surface area contributed by atoms with Crippen molar-refractivity contribution in [3.63, 3.8) is 0 Å². The summed E-state index contributed by atoms with van der Waals surface area (Å²) in [7, 11) is 0. The van der Waals surface area contributed by atoms with E-state index >= 15 is 0 Å². The summed E-state index contributed by atoms with van der Waals surface area (Å²) < 4.78 is 120. The van der Waals surface area contributed by atoms with Crippen molar-refractivity contribution in [3.05, 3.63) is 89.5 Å². The van der Waals surface area contributed by atoms with E-state index in [2.05, 4.69) is 15.1 Å². The van der Waals surface area contributed by atoms with E-state index in [0.29, 0.717) is 0 Å². The summed E-state index contributed by atoms with van der Waals surface area (Å²) >= 11 is 2.68. The summed E-state index contributed by atoms with van der Waals surface area (Å²) in [4.78, 5) is 0. The average molecular weight is 545 g/mol. The third kappa shape index (κ3) is 4.98. The number of hydrogen-bond donors (Lipinski definition) is 0. The van der Waals surface area contributed by atoms with Gasteiger partial charge in [-0.3, -0.25) is 0 Å². The van der Waals surface area contributed by atoms with Crippen LogP contribution in [0.2, 0.25) is 0 Å². The SMILES string of the molecule is FC(F)(F)c1cccc(P(=[Se])(c2cccc(C(F)(F)F)c2)c2cccc(C(F)(F)F)c2)c1.